The Morgan fingerprint density at radius 2 is 2.15 bits per heavy atom. The number of nitrogens with one attached hydrogen (secondary N) is 1. The molecule has 1 saturated heterocycles. The van der Waals surface area contributed by atoms with E-state index >= 15 is 0 Å². The van der Waals surface area contributed by atoms with Crippen molar-refractivity contribution in [1.29, 1.82) is 0 Å². The predicted octanol–water partition coefficient (Wildman–Crippen LogP) is 1.87. The maximum atomic E-state index is 12.9. The maximum absolute atomic E-state index is 12.9. The molecule has 0 aromatic carbocycles. The third-order valence-electron chi connectivity index (χ3n) is 6.19. The Morgan fingerprint density at radius 3 is 2.93 bits per heavy atom. The zero-order chi connectivity index (χ0) is 18.6. The number of likely N-dealkylation sites (tertiary alicyclic amines) is 1. The molecule has 1 aliphatic heterocycles. The summed E-state index contributed by atoms with van der Waals surface area (Å²) in [6.45, 7) is 1.24. The van der Waals surface area contributed by atoms with E-state index in [4.69, 9.17) is 4.98 Å². The SMILES string of the molecule is O=C(c1cncc(O)c1)N1CCCC2(CCc3c2nc(C2CC2)[nH]c3=O)C1. The second kappa shape index (κ2) is 5.90. The second-order valence-electron chi connectivity index (χ2n) is 8.10. The third-order valence-corrected chi connectivity index (χ3v) is 6.19. The topological polar surface area (TPSA) is 99.2 Å². The minimum Gasteiger partial charge on any atom is -0.506 e. The summed E-state index contributed by atoms with van der Waals surface area (Å²) in [4.78, 5) is 39.1. The molecule has 2 fully saturated rings. The monoisotopic (exact) mass is 366 g/mol. The summed E-state index contributed by atoms with van der Waals surface area (Å²) < 4.78 is 0. The van der Waals surface area contributed by atoms with Crippen molar-refractivity contribution in [3.8, 4) is 5.75 Å². The number of aromatic nitrogens is 3. The van der Waals surface area contributed by atoms with E-state index < -0.39 is 0 Å². The van der Waals surface area contributed by atoms with E-state index in [0.29, 0.717) is 24.6 Å². The first-order chi connectivity index (χ1) is 13.1. The van der Waals surface area contributed by atoms with Gasteiger partial charge in [-0.05, 0) is 44.6 Å². The van der Waals surface area contributed by atoms with Crippen LogP contribution in [-0.4, -0.2) is 44.0 Å². The summed E-state index contributed by atoms with van der Waals surface area (Å²) in [6.07, 6.45) is 8.38. The zero-order valence-corrected chi connectivity index (χ0v) is 15.1. The van der Waals surface area contributed by atoms with E-state index in [0.717, 1.165) is 55.6 Å². The van der Waals surface area contributed by atoms with Gasteiger partial charge in [0, 0.05) is 36.2 Å². The highest BCUT2D eigenvalue weighted by Gasteiger charge is 2.46. The number of hydrogen-bond donors (Lipinski definition) is 2. The number of carbonyl (C=O) groups is 1. The number of aromatic amines is 1. The lowest BCUT2D eigenvalue weighted by Crippen LogP contribution is -2.48. The van der Waals surface area contributed by atoms with Gasteiger partial charge in [0.1, 0.15) is 11.6 Å². The Balaban J connectivity index is 1.48. The lowest BCUT2D eigenvalue weighted by Gasteiger charge is -2.40. The molecular formula is C20H22N4O3. The Hall–Kier alpha value is -2.70. The molecule has 1 atom stereocenters. The lowest BCUT2D eigenvalue weighted by molar-refractivity contribution is 0.0632. The number of hydrogen-bond acceptors (Lipinski definition) is 5. The van der Waals surface area contributed by atoms with E-state index in [-0.39, 0.29) is 22.6 Å². The molecule has 0 bridgehead atoms. The first kappa shape index (κ1) is 16.5. The molecule has 5 rings (SSSR count). The molecule has 7 nitrogen and oxygen atoms in total. The average molecular weight is 366 g/mol. The lowest BCUT2D eigenvalue weighted by atomic mass is 9.77. The summed E-state index contributed by atoms with van der Waals surface area (Å²) >= 11 is 0. The van der Waals surface area contributed by atoms with Gasteiger partial charge in [0.15, 0.2) is 0 Å². The van der Waals surface area contributed by atoms with Gasteiger partial charge < -0.3 is 15.0 Å². The summed E-state index contributed by atoms with van der Waals surface area (Å²) in [5.74, 6) is 1.07. The van der Waals surface area contributed by atoms with Crippen molar-refractivity contribution in [3.05, 3.63) is 51.5 Å². The van der Waals surface area contributed by atoms with Gasteiger partial charge in [-0.2, -0.15) is 0 Å². The van der Waals surface area contributed by atoms with Gasteiger partial charge in [0.25, 0.3) is 11.5 Å². The van der Waals surface area contributed by atoms with Crippen LogP contribution in [0.15, 0.2) is 23.3 Å². The van der Waals surface area contributed by atoms with Crippen LogP contribution in [0.3, 0.4) is 0 Å². The molecule has 3 heterocycles. The number of aromatic hydroxyl groups is 1. The first-order valence-electron chi connectivity index (χ1n) is 9.63. The van der Waals surface area contributed by atoms with E-state index in [9.17, 15) is 14.7 Å². The van der Waals surface area contributed by atoms with Crippen LogP contribution in [-0.2, 0) is 11.8 Å². The highest BCUT2D eigenvalue weighted by Crippen LogP contribution is 2.45. The Morgan fingerprint density at radius 1 is 1.30 bits per heavy atom. The predicted molar refractivity (Wildman–Crippen MR) is 97.9 cm³/mol. The molecule has 2 aromatic rings. The van der Waals surface area contributed by atoms with E-state index in [1.165, 1.54) is 18.5 Å². The van der Waals surface area contributed by atoms with Crippen molar-refractivity contribution in [2.24, 2.45) is 0 Å². The van der Waals surface area contributed by atoms with Crippen LogP contribution in [0.2, 0.25) is 0 Å². The standard InChI is InChI=1S/C20H22N4O3/c25-14-8-13(9-21-10-14)19(27)24-7-1-5-20(11-24)6-4-15-16(20)22-17(12-2-3-12)23-18(15)26/h8-10,12,25H,1-7,11H2,(H,22,23,26). The molecule has 3 aliphatic rings. The molecular weight excluding hydrogens is 344 g/mol. The van der Waals surface area contributed by atoms with Crippen LogP contribution in [0, 0.1) is 0 Å². The summed E-state index contributed by atoms with van der Waals surface area (Å²) in [6, 6.07) is 1.45. The normalized spacial score (nSPS) is 24.2. The molecule has 140 valence electrons. The van der Waals surface area contributed by atoms with E-state index in [2.05, 4.69) is 9.97 Å². The van der Waals surface area contributed by atoms with Gasteiger partial charge in [0.05, 0.1) is 17.5 Å². The molecule has 2 N–H and O–H groups in total. The number of rotatable bonds is 2. The Bertz CT molecular complexity index is 981. The number of carbonyl (C=O) groups excluding carboxylic acids is 1. The number of amides is 1. The van der Waals surface area contributed by atoms with Crippen molar-refractivity contribution >= 4 is 5.91 Å². The average Bonchev–Trinajstić information content (AvgIpc) is 3.46. The number of pyridine rings is 1. The van der Waals surface area contributed by atoms with Gasteiger partial charge in [-0.15, -0.1) is 0 Å². The van der Waals surface area contributed by atoms with Crippen LogP contribution < -0.4 is 5.56 Å². The summed E-state index contributed by atoms with van der Waals surface area (Å²) in [7, 11) is 0. The van der Waals surface area contributed by atoms with Crippen molar-refractivity contribution in [3.63, 3.8) is 0 Å². The van der Waals surface area contributed by atoms with E-state index in [1.54, 1.807) is 0 Å². The second-order valence-corrected chi connectivity index (χ2v) is 8.10. The fourth-order valence-electron chi connectivity index (χ4n) is 4.65. The van der Waals surface area contributed by atoms with Gasteiger partial charge in [-0.3, -0.25) is 14.6 Å². The van der Waals surface area contributed by atoms with Crippen molar-refractivity contribution < 1.29 is 9.90 Å². The molecule has 7 heteroatoms. The molecule has 1 unspecified atom stereocenters. The molecule has 27 heavy (non-hydrogen) atoms. The van der Waals surface area contributed by atoms with Gasteiger partial charge >= 0.3 is 0 Å². The maximum Gasteiger partial charge on any atom is 0.255 e. The van der Waals surface area contributed by atoms with Gasteiger partial charge in [-0.1, -0.05) is 0 Å². The van der Waals surface area contributed by atoms with Crippen LogP contribution in [0.1, 0.15) is 65.5 Å². The molecule has 0 radical (unpaired) electrons. The molecule has 2 aromatic heterocycles. The number of piperidine rings is 1. The fourth-order valence-corrected chi connectivity index (χ4v) is 4.65. The molecule has 2 aliphatic carbocycles. The minimum atomic E-state index is -0.231. The van der Waals surface area contributed by atoms with E-state index in [1.807, 2.05) is 4.90 Å². The molecule has 1 amide bonds. The van der Waals surface area contributed by atoms with Gasteiger partial charge in [0.2, 0.25) is 0 Å². The quantitative estimate of drug-likeness (QED) is 0.845. The van der Waals surface area contributed by atoms with Crippen LogP contribution in [0.4, 0.5) is 0 Å². The Kier molecular flexibility index (Phi) is 3.60. The minimum absolute atomic E-state index is 0.000549. The van der Waals surface area contributed by atoms with Gasteiger partial charge in [-0.25, -0.2) is 4.98 Å². The highest BCUT2D eigenvalue weighted by atomic mass is 16.3. The Labute approximate surface area is 156 Å². The highest BCUT2D eigenvalue weighted by molar-refractivity contribution is 5.94. The number of H-pyrrole nitrogens is 1. The number of fused-ring (bicyclic) bond motifs is 2. The van der Waals surface area contributed by atoms with Crippen LogP contribution >= 0.6 is 0 Å². The summed E-state index contributed by atoms with van der Waals surface area (Å²) in [5, 5.41) is 9.63. The third kappa shape index (κ3) is 2.72. The number of nitrogens with zero attached hydrogens (tertiary/aromatic N) is 3. The van der Waals surface area contributed by atoms with Crippen molar-refractivity contribution in [2.75, 3.05) is 13.1 Å². The van der Waals surface area contributed by atoms with Crippen LogP contribution in [0.25, 0.3) is 0 Å². The largest absolute Gasteiger partial charge is 0.506 e. The first-order valence-corrected chi connectivity index (χ1v) is 9.63. The smallest absolute Gasteiger partial charge is 0.255 e. The molecule has 1 saturated carbocycles. The zero-order valence-electron chi connectivity index (χ0n) is 15.1. The van der Waals surface area contributed by atoms with Crippen molar-refractivity contribution in [2.45, 2.75) is 49.9 Å². The van der Waals surface area contributed by atoms with Crippen LogP contribution in [0.5, 0.6) is 5.75 Å². The summed E-state index contributed by atoms with van der Waals surface area (Å²) in [5.41, 5.74) is 1.88. The fraction of sp³-hybridized carbons (Fsp3) is 0.500. The molecule has 1 spiro atoms. The van der Waals surface area contributed by atoms with Crippen molar-refractivity contribution in [1.82, 2.24) is 19.9 Å².